The van der Waals surface area contributed by atoms with Crippen LogP contribution in [0, 0.1) is 9.39 Å². The summed E-state index contributed by atoms with van der Waals surface area (Å²) >= 11 is 1.96. The highest BCUT2D eigenvalue weighted by Crippen LogP contribution is 2.23. The fourth-order valence-corrected chi connectivity index (χ4v) is 2.21. The fourth-order valence-electron chi connectivity index (χ4n) is 1.76. The minimum Gasteiger partial charge on any atom is -0.369 e. The van der Waals surface area contributed by atoms with E-state index >= 15 is 0 Å². The van der Waals surface area contributed by atoms with E-state index in [9.17, 15) is 4.39 Å². The number of imidazole rings is 1. The third-order valence-electron chi connectivity index (χ3n) is 3.15. The first-order valence-corrected chi connectivity index (χ1v) is 6.75. The number of hydrogen-bond donors (Lipinski definition) is 1. The summed E-state index contributed by atoms with van der Waals surface area (Å²) in [6.07, 6.45) is 0. The summed E-state index contributed by atoms with van der Waals surface area (Å²) in [5, 5.41) is 0. The molecule has 98 valence electrons. The Labute approximate surface area is 119 Å². The average Bonchev–Trinajstić information content (AvgIpc) is 2.56. The van der Waals surface area contributed by atoms with Crippen LogP contribution in [0.2, 0.25) is 0 Å². The Morgan fingerprint density at radius 2 is 2.17 bits per heavy atom. The highest BCUT2D eigenvalue weighted by atomic mass is 127. The van der Waals surface area contributed by atoms with Gasteiger partial charge in [0.05, 0.1) is 14.6 Å². The molecule has 0 saturated carbocycles. The lowest BCUT2D eigenvalue weighted by molar-refractivity contribution is 0.287. The van der Waals surface area contributed by atoms with Crippen LogP contribution in [-0.2, 0) is 6.54 Å². The molecule has 0 amide bonds. The minimum atomic E-state index is -0.234. The normalized spacial score (nSPS) is 13.4. The monoisotopic (exact) mass is 362 g/mol. The molecule has 1 heterocycles. The number of fused-ring (bicyclic) bond motifs is 1. The van der Waals surface area contributed by atoms with E-state index in [-0.39, 0.29) is 5.82 Å². The molecule has 0 aliphatic heterocycles. The summed E-state index contributed by atoms with van der Waals surface area (Å²) in [5.41, 5.74) is 7.40. The lowest BCUT2D eigenvalue weighted by atomic mass is 10.2. The second-order valence-corrected chi connectivity index (χ2v) is 5.81. The van der Waals surface area contributed by atoms with E-state index in [1.54, 1.807) is 6.07 Å². The standard InChI is InChI=1S/C12H16FIN4/c1-7(17(2)3)6-18-11-4-8(13)9(14)5-10(11)16-12(18)15/h4-5,7H,6H2,1-3H3,(H2,15,16). The number of aromatic nitrogens is 2. The number of nitrogens with two attached hydrogens (primary N) is 1. The number of anilines is 1. The van der Waals surface area contributed by atoms with Gasteiger partial charge in [0.2, 0.25) is 5.95 Å². The lowest BCUT2D eigenvalue weighted by Gasteiger charge is -2.21. The van der Waals surface area contributed by atoms with E-state index in [1.165, 1.54) is 6.07 Å². The number of halogens is 2. The number of rotatable bonds is 3. The van der Waals surface area contributed by atoms with Gasteiger partial charge in [-0.3, -0.25) is 0 Å². The zero-order valence-corrected chi connectivity index (χ0v) is 12.8. The van der Waals surface area contributed by atoms with Crippen LogP contribution >= 0.6 is 22.6 Å². The van der Waals surface area contributed by atoms with Gasteiger partial charge in [-0.05, 0) is 49.7 Å². The second kappa shape index (κ2) is 5.00. The van der Waals surface area contributed by atoms with Crippen molar-refractivity contribution in [2.45, 2.75) is 19.5 Å². The van der Waals surface area contributed by atoms with Crippen molar-refractivity contribution in [3.63, 3.8) is 0 Å². The number of hydrogen-bond acceptors (Lipinski definition) is 3. The Bertz CT molecular complexity index is 579. The van der Waals surface area contributed by atoms with Crippen LogP contribution in [0.15, 0.2) is 12.1 Å². The molecule has 1 atom stereocenters. The van der Waals surface area contributed by atoms with Gasteiger partial charge in [-0.25, -0.2) is 9.37 Å². The fraction of sp³-hybridized carbons (Fsp3) is 0.417. The van der Waals surface area contributed by atoms with E-state index < -0.39 is 0 Å². The van der Waals surface area contributed by atoms with Gasteiger partial charge in [0, 0.05) is 18.7 Å². The zero-order chi connectivity index (χ0) is 13.4. The lowest BCUT2D eigenvalue weighted by Crippen LogP contribution is -2.29. The van der Waals surface area contributed by atoms with Gasteiger partial charge in [-0.15, -0.1) is 0 Å². The molecule has 0 saturated heterocycles. The molecule has 0 spiro atoms. The van der Waals surface area contributed by atoms with Crippen molar-refractivity contribution >= 4 is 39.6 Å². The second-order valence-electron chi connectivity index (χ2n) is 4.65. The van der Waals surface area contributed by atoms with E-state index in [2.05, 4.69) is 16.8 Å². The predicted octanol–water partition coefficient (Wildman–Crippen LogP) is 2.31. The highest BCUT2D eigenvalue weighted by molar-refractivity contribution is 14.1. The molecular weight excluding hydrogens is 346 g/mol. The van der Waals surface area contributed by atoms with Gasteiger partial charge in [0.1, 0.15) is 5.82 Å². The molecule has 0 radical (unpaired) electrons. The van der Waals surface area contributed by atoms with Gasteiger partial charge >= 0.3 is 0 Å². The Morgan fingerprint density at radius 1 is 1.50 bits per heavy atom. The molecule has 0 aliphatic carbocycles. The van der Waals surface area contributed by atoms with E-state index in [4.69, 9.17) is 5.73 Å². The summed E-state index contributed by atoms with van der Waals surface area (Å²) in [6.45, 7) is 2.78. The summed E-state index contributed by atoms with van der Waals surface area (Å²) < 4.78 is 16.1. The third-order valence-corrected chi connectivity index (χ3v) is 3.97. The smallest absolute Gasteiger partial charge is 0.201 e. The SMILES string of the molecule is CC(Cn1c(N)nc2cc(I)c(F)cc21)N(C)C. The molecule has 2 N–H and O–H groups in total. The molecule has 0 bridgehead atoms. The van der Waals surface area contributed by atoms with Crippen LogP contribution < -0.4 is 5.73 Å². The quantitative estimate of drug-likeness (QED) is 0.853. The van der Waals surface area contributed by atoms with Crippen LogP contribution in [0.1, 0.15) is 6.92 Å². The summed E-state index contributed by atoms with van der Waals surface area (Å²) in [6, 6.07) is 3.52. The van der Waals surface area contributed by atoms with Crippen molar-refractivity contribution in [1.29, 1.82) is 0 Å². The molecular formula is C12H16FIN4. The summed E-state index contributed by atoms with van der Waals surface area (Å²) in [4.78, 5) is 6.37. The van der Waals surface area contributed by atoms with Crippen molar-refractivity contribution in [2.75, 3.05) is 19.8 Å². The van der Waals surface area contributed by atoms with Gasteiger partial charge in [0.25, 0.3) is 0 Å². The largest absolute Gasteiger partial charge is 0.369 e. The molecule has 1 unspecified atom stereocenters. The van der Waals surface area contributed by atoms with Gasteiger partial charge in [-0.2, -0.15) is 0 Å². The number of nitrogen functional groups attached to an aromatic ring is 1. The van der Waals surface area contributed by atoms with E-state index in [1.807, 2.05) is 41.3 Å². The summed E-state index contributed by atoms with van der Waals surface area (Å²) in [5.74, 6) is 0.196. The maximum Gasteiger partial charge on any atom is 0.201 e. The van der Waals surface area contributed by atoms with Crippen LogP contribution in [0.3, 0.4) is 0 Å². The predicted molar refractivity (Wildman–Crippen MR) is 80.0 cm³/mol. The molecule has 0 aliphatic rings. The Balaban J connectivity index is 2.50. The Hall–Kier alpha value is -0.890. The maximum absolute atomic E-state index is 13.6. The number of nitrogens with zero attached hydrogens (tertiary/aromatic N) is 3. The first-order valence-electron chi connectivity index (χ1n) is 5.67. The van der Waals surface area contributed by atoms with Crippen molar-refractivity contribution in [3.05, 3.63) is 21.5 Å². The topological polar surface area (TPSA) is 47.1 Å². The third kappa shape index (κ3) is 2.44. The molecule has 4 nitrogen and oxygen atoms in total. The summed E-state index contributed by atoms with van der Waals surface area (Å²) in [7, 11) is 4.01. The minimum absolute atomic E-state index is 0.234. The van der Waals surface area contributed by atoms with E-state index in [0.717, 1.165) is 11.0 Å². The molecule has 2 rings (SSSR count). The molecule has 6 heteroatoms. The van der Waals surface area contributed by atoms with Crippen molar-refractivity contribution in [1.82, 2.24) is 14.5 Å². The average molecular weight is 362 g/mol. The Morgan fingerprint density at radius 3 is 2.78 bits per heavy atom. The van der Waals surface area contributed by atoms with Crippen molar-refractivity contribution in [2.24, 2.45) is 0 Å². The molecule has 0 fully saturated rings. The molecule has 18 heavy (non-hydrogen) atoms. The van der Waals surface area contributed by atoms with Gasteiger partial charge in [-0.1, -0.05) is 0 Å². The first-order chi connectivity index (χ1) is 8.40. The number of benzene rings is 1. The van der Waals surface area contributed by atoms with Crippen LogP contribution in [0.4, 0.5) is 10.3 Å². The maximum atomic E-state index is 13.6. The van der Waals surface area contributed by atoms with Crippen LogP contribution in [0.25, 0.3) is 11.0 Å². The van der Waals surface area contributed by atoms with Gasteiger partial charge < -0.3 is 15.2 Å². The molecule has 1 aromatic heterocycles. The first kappa shape index (κ1) is 13.5. The van der Waals surface area contributed by atoms with E-state index in [0.29, 0.717) is 22.1 Å². The highest BCUT2D eigenvalue weighted by Gasteiger charge is 2.14. The molecule has 2 aromatic rings. The number of likely N-dealkylation sites (N-methyl/N-ethyl adjacent to an activating group) is 1. The van der Waals surface area contributed by atoms with Crippen LogP contribution in [-0.4, -0.2) is 34.6 Å². The van der Waals surface area contributed by atoms with Crippen molar-refractivity contribution < 1.29 is 4.39 Å². The zero-order valence-electron chi connectivity index (χ0n) is 10.6. The Kier molecular flexibility index (Phi) is 3.76. The van der Waals surface area contributed by atoms with Crippen LogP contribution in [0.5, 0.6) is 0 Å². The van der Waals surface area contributed by atoms with Crippen molar-refractivity contribution in [3.8, 4) is 0 Å². The molecule has 1 aromatic carbocycles. The van der Waals surface area contributed by atoms with Gasteiger partial charge in [0.15, 0.2) is 0 Å².